The van der Waals surface area contributed by atoms with Crippen molar-refractivity contribution in [3.05, 3.63) is 41.2 Å². The number of piperazine rings is 1. The van der Waals surface area contributed by atoms with Crippen LogP contribution >= 0.6 is 0 Å². The monoisotopic (exact) mass is 399 g/mol. The van der Waals surface area contributed by atoms with Gasteiger partial charge in [0.05, 0.1) is 11.4 Å². The predicted molar refractivity (Wildman–Crippen MR) is 109 cm³/mol. The fourth-order valence-electron chi connectivity index (χ4n) is 3.34. The van der Waals surface area contributed by atoms with E-state index in [-0.39, 0.29) is 18.0 Å². The second kappa shape index (κ2) is 7.85. The zero-order chi connectivity index (χ0) is 21.3. The first-order valence-electron chi connectivity index (χ1n) is 9.85. The average Bonchev–Trinajstić information content (AvgIpc) is 3.01. The van der Waals surface area contributed by atoms with Crippen molar-refractivity contribution < 1.29 is 14.3 Å². The minimum Gasteiger partial charge on any atom is -0.444 e. The van der Waals surface area contributed by atoms with E-state index in [9.17, 15) is 9.59 Å². The molecule has 0 bridgehead atoms. The summed E-state index contributed by atoms with van der Waals surface area (Å²) in [7, 11) is 0. The van der Waals surface area contributed by atoms with Gasteiger partial charge in [0.15, 0.2) is 5.69 Å². The van der Waals surface area contributed by atoms with E-state index in [4.69, 9.17) is 4.74 Å². The van der Waals surface area contributed by atoms with E-state index >= 15 is 0 Å². The molecule has 0 radical (unpaired) electrons. The summed E-state index contributed by atoms with van der Waals surface area (Å²) in [5.41, 5.74) is 2.50. The van der Waals surface area contributed by atoms with Crippen molar-refractivity contribution >= 4 is 12.0 Å². The summed E-state index contributed by atoms with van der Waals surface area (Å²) in [5.74, 6) is -0.170. The van der Waals surface area contributed by atoms with Gasteiger partial charge in [-0.2, -0.15) is 0 Å². The maximum atomic E-state index is 13.0. The molecule has 0 N–H and O–H groups in total. The van der Waals surface area contributed by atoms with Gasteiger partial charge in [-0.1, -0.05) is 22.9 Å². The summed E-state index contributed by atoms with van der Waals surface area (Å²) in [6, 6.07) is 7.75. The van der Waals surface area contributed by atoms with Crippen LogP contribution in [0.4, 0.5) is 4.79 Å². The molecule has 0 spiro atoms. The number of ether oxygens (including phenoxy) is 1. The summed E-state index contributed by atoms with van der Waals surface area (Å²) >= 11 is 0. The molecule has 0 unspecified atom stereocenters. The zero-order valence-electron chi connectivity index (χ0n) is 18.0. The first kappa shape index (κ1) is 20.8. The number of carbonyl (C=O) groups excluding carboxylic acids is 2. The molecule has 1 fully saturated rings. The first-order valence-corrected chi connectivity index (χ1v) is 9.85. The zero-order valence-corrected chi connectivity index (χ0v) is 18.0. The molecule has 29 heavy (non-hydrogen) atoms. The third kappa shape index (κ3) is 4.58. The molecule has 156 valence electrons. The second-order valence-electron chi connectivity index (χ2n) is 8.54. The van der Waals surface area contributed by atoms with Gasteiger partial charge >= 0.3 is 6.09 Å². The third-order valence-corrected chi connectivity index (χ3v) is 4.92. The van der Waals surface area contributed by atoms with E-state index in [1.807, 2.05) is 65.8 Å². The Hall–Kier alpha value is -2.90. The molecule has 1 aliphatic heterocycles. The molecular weight excluding hydrogens is 370 g/mol. The lowest BCUT2D eigenvalue weighted by molar-refractivity contribution is 0.00188. The van der Waals surface area contributed by atoms with Crippen LogP contribution in [0, 0.1) is 13.8 Å². The van der Waals surface area contributed by atoms with Crippen LogP contribution in [0.1, 0.15) is 49.4 Å². The van der Waals surface area contributed by atoms with Crippen LogP contribution < -0.4 is 0 Å². The van der Waals surface area contributed by atoms with Gasteiger partial charge in [-0.05, 0) is 53.7 Å². The molecule has 1 aliphatic rings. The number of rotatable bonds is 2. The number of hydrogen-bond acceptors (Lipinski definition) is 5. The first-order chi connectivity index (χ1) is 13.6. The highest BCUT2D eigenvalue weighted by Gasteiger charge is 2.34. The van der Waals surface area contributed by atoms with Gasteiger partial charge in [0.25, 0.3) is 5.91 Å². The van der Waals surface area contributed by atoms with Gasteiger partial charge in [-0.3, -0.25) is 4.79 Å². The van der Waals surface area contributed by atoms with Crippen LogP contribution in [0.5, 0.6) is 0 Å². The number of benzene rings is 1. The number of amides is 2. The summed E-state index contributed by atoms with van der Waals surface area (Å²) in [4.78, 5) is 28.8. The number of carbonyl (C=O) groups is 2. The van der Waals surface area contributed by atoms with E-state index in [0.717, 1.165) is 11.3 Å². The molecule has 3 rings (SSSR count). The summed E-state index contributed by atoms with van der Waals surface area (Å²) in [6.07, 6.45) is -0.349. The van der Waals surface area contributed by atoms with Crippen molar-refractivity contribution in [2.75, 3.05) is 19.6 Å². The molecule has 8 heteroatoms. The van der Waals surface area contributed by atoms with Gasteiger partial charge in [0, 0.05) is 25.7 Å². The highest BCUT2D eigenvalue weighted by molar-refractivity contribution is 5.93. The highest BCUT2D eigenvalue weighted by atomic mass is 16.6. The average molecular weight is 399 g/mol. The van der Waals surface area contributed by atoms with Gasteiger partial charge in [-0.15, -0.1) is 5.10 Å². The number of aryl methyl sites for hydroxylation is 1. The Labute approximate surface area is 171 Å². The highest BCUT2D eigenvalue weighted by Crippen LogP contribution is 2.19. The molecule has 2 heterocycles. The van der Waals surface area contributed by atoms with Crippen molar-refractivity contribution in [1.29, 1.82) is 0 Å². The van der Waals surface area contributed by atoms with Crippen molar-refractivity contribution in [3.8, 4) is 5.69 Å². The number of nitrogens with zero attached hydrogens (tertiary/aromatic N) is 5. The van der Waals surface area contributed by atoms with E-state index < -0.39 is 5.60 Å². The molecule has 1 atom stereocenters. The van der Waals surface area contributed by atoms with E-state index in [1.165, 1.54) is 0 Å². The standard InChI is InChI=1S/C21H29N5O3/c1-14-7-9-17(10-8-14)26-16(3)18(22-23-26)19(27)24-11-12-25(15(2)13-24)20(28)29-21(4,5)6/h7-10,15H,11-13H2,1-6H3/t15-/m0/s1. The van der Waals surface area contributed by atoms with Crippen LogP contribution in [0.25, 0.3) is 5.69 Å². The second-order valence-corrected chi connectivity index (χ2v) is 8.54. The van der Waals surface area contributed by atoms with Crippen LogP contribution in [0.2, 0.25) is 0 Å². The van der Waals surface area contributed by atoms with Crippen LogP contribution in [0.15, 0.2) is 24.3 Å². The Kier molecular flexibility index (Phi) is 5.64. The maximum absolute atomic E-state index is 13.0. The topological polar surface area (TPSA) is 80.6 Å². The van der Waals surface area contributed by atoms with Crippen molar-refractivity contribution in [3.63, 3.8) is 0 Å². The molecular formula is C21H29N5O3. The molecule has 1 aromatic heterocycles. The minimum absolute atomic E-state index is 0.144. The largest absolute Gasteiger partial charge is 0.444 e. The quantitative estimate of drug-likeness (QED) is 0.776. The van der Waals surface area contributed by atoms with Crippen molar-refractivity contribution in [2.24, 2.45) is 0 Å². The normalized spacial score (nSPS) is 17.4. The van der Waals surface area contributed by atoms with E-state index in [0.29, 0.717) is 31.0 Å². The van der Waals surface area contributed by atoms with E-state index in [2.05, 4.69) is 10.3 Å². The Morgan fingerprint density at radius 1 is 1.10 bits per heavy atom. The Bertz CT molecular complexity index is 898. The molecule has 1 aromatic carbocycles. The van der Waals surface area contributed by atoms with E-state index in [1.54, 1.807) is 14.5 Å². The van der Waals surface area contributed by atoms with Crippen molar-refractivity contribution in [2.45, 2.75) is 53.2 Å². The Morgan fingerprint density at radius 3 is 2.34 bits per heavy atom. The number of hydrogen-bond donors (Lipinski definition) is 0. The van der Waals surface area contributed by atoms with Gasteiger partial charge < -0.3 is 14.5 Å². The molecule has 1 saturated heterocycles. The van der Waals surface area contributed by atoms with Crippen molar-refractivity contribution in [1.82, 2.24) is 24.8 Å². The molecule has 2 aromatic rings. The third-order valence-electron chi connectivity index (χ3n) is 4.92. The van der Waals surface area contributed by atoms with Crippen LogP contribution in [0.3, 0.4) is 0 Å². The lowest BCUT2D eigenvalue weighted by atomic mass is 10.1. The summed E-state index contributed by atoms with van der Waals surface area (Å²) < 4.78 is 7.14. The predicted octanol–water partition coefficient (Wildman–Crippen LogP) is 2.97. The van der Waals surface area contributed by atoms with Crippen LogP contribution in [-0.4, -0.2) is 68.1 Å². The summed E-state index contributed by atoms with van der Waals surface area (Å²) in [6.45, 7) is 12.6. The Morgan fingerprint density at radius 2 is 1.76 bits per heavy atom. The fraction of sp³-hybridized carbons (Fsp3) is 0.524. The smallest absolute Gasteiger partial charge is 0.410 e. The number of aromatic nitrogens is 3. The molecule has 8 nitrogen and oxygen atoms in total. The summed E-state index contributed by atoms with van der Waals surface area (Å²) in [5, 5.41) is 8.30. The van der Waals surface area contributed by atoms with Gasteiger partial charge in [0.1, 0.15) is 5.60 Å². The Balaban J connectivity index is 1.71. The van der Waals surface area contributed by atoms with Gasteiger partial charge in [-0.25, -0.2) is 9.48 Å². The fourth-order valence-corrected chi connectivity index (χ4v) is 3.34. The van der Waals surface area contributed by atoms with Crippen LogP contribution in [-0.2, 0) is 4.74 Å². The van der Waals surface area contributed by atoms with Gasteiger partial charge in [0.2, 0.25) is 0 Å². The lowest BCUT2D eigenvalue weighted by Crippen LogP contribution is -2.56. The molecule has 0 aliphatic carbocycles. The molecule has 2 amide bonds. The molecule has 0 saturated carbocycles. The minimum atomic E-state index is -0.546. The maximum Gasteiger partial charge on any atom is 0.410 e. The SMILES string of the molecule is Cc1ccc(-n2nnc(C(=O)N3CCN(C(=O)OC(C)(C)C)[C@@H](C)C3)c2C)cc1. The lowest BCUT2D eigenvalue weighted by Gasteiger charge is -2.40.